The van der Waals surface area contributed by atoms with E-state index in [2.05, 4.69) is 27.7 Å². The maximum atomic E-state index is 13.6. The normalized spacial score (nSPS) is 13.9. The molecule has 0 aliphatic carbocycles. The first kappa shape index (κ1) is 26.5. The average Bonchev–Trinajstić information content (AvgIpc) is 2.74. The fourth-order valence-corrected chi connectivity index (χ4v) is 4.99. The molecule has 2 atom stereocenters. The first-order valence-corrected chi connectivity index (χ1v) is 12.5. The summed E-state index contributed by atoms with van der Waals surface area (Å²) in [6, 6.07) is 10.9. The Morgan fingerprint density at radius 3 is 2.25 bits per heavy atom. The van der Waals surface area contributed by atoms with E-state index in [0.29, 0.717) is 29.9 Å². The number of fused-ring (bicyclic) bond motifs is 1. The lowest BCUT2D eigenvalue weighted by atomic mass is 10.0. The number of nitrogens with one attached hydrogen (secondary N) is 1. The lowest BCUT2D eigenvalue weighted by Gasteiger charge is -2.32. The Hall–Kier alpha value is -1.80. The second kappa shape index (κ2) is 12.4. The van der Waals surface area contributed by atoms with Crippen molar-refractivity contribution in [3.63, 3.8) is 0 Å². The predicted octanol–water partition coefficient (Wildman–Crippen LogP) is 5.17. The lowest BCUT2D eigenvalue weighted by molar-refractivity contribution is -0.134. The minimum atomic E-state index is -1.55. The van der Waals surface area contributed by atoms with Gasteiger partial charge in [0, 0.05) is 12.6 Å². The highest BCUT2D eigenvalue weighted by Gasteiger charge is 2.37. The minimum Gasteiger partial charge on any atom is -0.593 e. The molecule has 0 aliphatic rings. The molecule has 1 amide bonds. The van der Waals surface area contributed by atoms with E-state index in [1.807, 2.05) is 50.2 Å². The van der Waals surface area contributed by atoms with Crippen molar-refractivity contribution in [3.05, 3.63) is 36.4 Å². The molecule has 0 aromatic heterocycles. The summed E-state index contributed by atoms with van der Waals surface area (Å²) < 4.78 is 21.1. The van der Waals surface area contributed by atoms with Gasteiger partial charge in [0.1, 0.15) is 11.8 Å². The van der Waals surface area contributed by atoms with Gasteiger partial charge in [-0.05, 0) is 65.6 Å². The predicted molar refractivity (Wildman–Crippen MR) is 130 cm³/mol. The molecule has 1 unspecified atom stereocenters. The van der Waals surface area contributed by atoms with E-state index in [0.717, 1.165) is 29.4 Å². The van der Waals surface area contributed by atoms with Crippen LogP contribution >= 0.6 is 0 Å². The highest BCUT2D eigenvalue weighted by Crippen LogP contribution is 2.28. The number of carbonyl (C=O) groups is 1. The standard InChI is InChI=1S/C25H38N2O4S/c1-17(2)11-13-27(24(19(5)6)25(28)26-29)32(30)23-10-8-20-15-22(9-7-21(20)16-23)31-14-12-18(3)4/h7-10,15-19,24,29H,11-14H2,1-6H3,(H,26,28)/t24-,32?/m1/s1. The van der Waals surface area contributed by atoms with Gasteiger partial charge in [-0.15, -0.1) is 4.31 Å². The zero-order chi connectivity index (χ0) is 23.8. The van der Waals surface area contributed by atoms with E-state index < -0.39 is 23.3 Å². The molecule has 32 heavy (non-hydrogen) atoms. The number of hydrogen-bond acceptors (Lipinski definition) is 5. The molecular formula is C25H38N2O4S. The van der Waals surface area contributed by atoms with E-state index in [4.69, 9.17) is 4.74 Å². The van der Waals surface area contributed by atoms with Crippen molar-refractivity contribution in [1.82, 2.24) is 9.79 Å². The van der Waals surface area contributed by atoms with Crippen LogP contribution in [0.2, 0.25) is 0 Å². The maximum absolute atomic E-state index is 13.6. The molecule has 2 N–H and O–H groups in total. The Morgan fingerprint density at radius 1 is 1.03 bits per heavy atom. The van der Waals surface area contributed by atoms with Gasteiger partial charge in [0.25, 0.3) is 5.91 Å². The third-order valence-corrected chi connectivity index (χ3v) is 6.90. The molecular weight excluding hydrogens is 424 g/mol. The van der Waals surface area contributed by atoms with Crippen LogP contribution in [0.3, 0.4) is 0 Å². The molecule has 2 aromatic carbocycles. The number of ether oxygens (including phenoxy) is 1. The van der Waals surface area contributed by atoms with Crippen LogP contribution < -0.4 is 10.2 Å². The van der Waals surface area contributed by atoms with Crippen LogP contribution in [0.15, 0.2) is 41.3 Å². The van der Waals surface area contributed by atoms with Crippen molar-refractivity contribution in [2.45, 2.75) is 65.3 Å². The van der Waals surface area contributed by atoms with Crippen LogP contribution in [0.4, 0.5) is 0 Å². The van der Waals surface area contributed by atoms with E-state index in [1.165, 1.54) is 0 Å². The van der Waals surface area contributed by atoms with E-state index in [9.17, 15) is 14.6 Å². The highest BCUT2D eigenvalue weighted by atomic mass is 32.2. The van der Waals surface area contributed by atoms with Gasteiger partial charge in [-0.1, -0.05) is 47.6 Å². The largest absolute Gasteiger partial charge is 0.593 e. The maximum Gasteiger partial charge on any atom is 0.265 e. The highest BCUT2D eigenvalue weighted by molar-refractivity contribution is 7.89. The van der Waals surface area contributed by atoms with Crippen molar-refractivity contribution in [3.8, 4) is 5.75 Å². The quantitative estimate of drug-likeness (QED) is 0.258. The van der Waals surface area contributed by atoms with Crippen molar-refractivity contribution in [1.29, 1.82) is 0 Å². The van der Waals surface area contributed by atoms with E-state index in [-0.39, 0.29) is 5.92 Å². The summed E-state index contributed by atoms with van der Waals surface area (Å²) in [4.78, 5) is 13.0. The van der Waals surface area contributed by atoms with Crippen molar-refractivity contribution < 1.29 is 19.3 Å². The van der Waals surface area contributed by atoms with Crippen LogP contribution in [0, 0.1) is 17.8 Å². The fraction of sp³-hybridized carbons (Fsp3) is 0.560. The number of benzene rings is 2. The third kappa shape index (κ3) is 7.37. The van der Waals surface area contributed by atoms with E-state index >= 15 is 0 Å². The molecule has 0 saturated heterocycles. The summed E-state index contributed by atoms with van der Waals surface area (Å²) in [6.45, 7) is 13.5. The van der Waals surface area contributed by atoms with Gasteiger partial charge in [-0.2, -0.15) is 0 Å². The Bertz CT molecular complexity index is 872. The van der Waals surface area contributed by atoms with Gasteiger partial charge >= 0.3 is 0 Å². The molecule has 0 spiro atoms. The monoisotopic (exact) mass is 462 g/mol. The molecule has 0 fully saturated rings. The Morgan fingerprint density at radius 2 is 1.66 bits per heavy atom. The van der Waals surface area contributed by atoms with Crippen molar-refractivity contribution in [2.24, 2.45) is 17.8 Å². The number of nitrogens with zero attached hydrogens (tertiary/aromatic N) is 1. The Balaban J connectivity index is 2.29. The molecule has 0 heterocycles. The number of carbonyl (C=O) groups excluding carboxylic acids is 1. The number of rotatable bonds is 12. The summed E-state index contributed by atoms with van der Waals surface area (Å²) in [5.74, 6) is 1.15. The van der Waals surface area contributed by atoms with Gasteiger partial charge in [0.15, 0.2) is 4.90 Å². The molecule has 0 bridgehead atoms. The van der Waals surface area contributed by atoms with Gasteiger partial charge in [0.05, 0.1) is 18.0 Å². The van der Waals surface area contributed by atoms with Crippen LogP contribution in [-0.2, 0) is 16.2 Å². The summed E-state index contributed by atoms with van der Waals surface area (Å²) >= 11 is -1.55. The number of hydroxylamine groups is 1. The van der Waals surface area contributed by atoms with Crippen LogP contribution in [0.25, 0.3) is 10.8 Å². The average molecular weight is 463 g/mol. The van der Waals surface area contributed by atoms with Crippen LogP contribution in [0.5, 0.6) is 5.75 Å². The zero-order valence-electron chi connectivity index (χ0n) is 20.1. The Kier molecular flexibility index (Phi) is 10.3. The first-order chi connectivity index (χ1) is 15.1. The van der Waals surface area contributed by atoms with Crippen molar-refractivity contribution >= 4 is 28.0 Å². The van der Waals surface area contributed by atoms with E-state index in [1.54, 1.807) is 9.79 Å². The van der Waals surface area contributed by atoms with Gasteiger partial charge in [-0.25, -0.2) is 5.48 Å². The van der Waals surface area contributed by atoms with Gasteiger partial charge < -0.3 is 9.29 Å². The van der Waals surface area contributed by atoms with Gasteiger partial charge in [0.2, 0.25) is 0 Å². The summed E-state index contributed by atoms with van der Waals surface area (Å²) in [7, 11) is 0. The zero-order valence-corrected chi connectivity index (χ0v) is 20.9. The number of hydrogen-bond donors (Lipinski definition) is 2. The lowest BCUT2D eigenvalue weighted by Crippen LogP contribution is -2.52. The molecule has 0 aliphatic heterocycles. The van der Waals surface area contributed by atoms with Crippen LogP contribution in [0.1, 0.15) is 54.4 Å². The van der Waals surface area contributed by atoms with Gasteiger partial charge in [-0.3, -0.25) is 10.0 Å². The fourth-order valence-electron chi connectivity index (χ4n) is 3.49. The molecule has 7 heteroatoms. The van der Waals surface area contributed by atoms with Crippen LogP contribution in [-0.4, -0.2) is 39.2 Å². The summed E-state index contributed by atoms with van der Waals surface area (Å²) in [6.07, 6.45) is 1.79. The topological polar surface area (TPSA) is 84.9 Å². The molecule has 6 nitrogen and oxygen atoms in total. The molecule has 178 valence electrons. The SMILES string of the molecule is CC(C)CCOc1ccc2cc([S+]([O-])N(CCC(C)C)[C@@H](C(=O)NO)C(C)C)ccc2c1. The Labute approximate surface area is 195 Å². The summed E-state index contributed by atoms with van der Waals surface area (Å²) in [5, 5.41) is 11.2. The second-order valence-corrected chi connectivity index (χ2v) is 10.9. The van der Waals surface area contributed by atoms with Crippen molar-refractivity contribution in [2.75, 3.05) is 13.2 Å². The molecule has 0 radical (unpaired) electrons. The molecule has 2 aromatic rings. The molecule has 2 rings (SSSR count). The first-order valence-electron chi connectivity index (χ1n) is 11.4. The molecule has 0 saturated carbocycles. The smallest absolute Gasteiger partial charge is 0.265 e. The number of amides is 1. The second-order valence-electron chi connectivity index (χ2n) is 9.44. The minimum absolute atomic E-state index is 0.121. The summed E-state index contributed by atoms with van der Waals surface area (Å²) in [5.41, 5.74) is 1.75. The third-order valence-electron chi connectivity index (χ3n) is 5.41.